The lowest BCUT2D eigenvalue weighted by atomic mass is 9.86. The molecule has 0 aromatic heterocycles. The first kappa shape index (κ1) is 15.9. The van der Waals surface area contributed by atoms with Crippen molar-refractivity contribution < 1.29 is 14.7 Å². The lowest BCUT2D eigenvalue weighted by molar-refractivity contribution is -0.148. The molecule has 0 heterocycles. The van der Waals surface area contributed by atoms with E-state index in [0.717, 1.165) is 12.8 Å². The van der Waals surface area contributed by atoms with Crippen LogP contribution in [0.15, 0.2) is 18.2 Å². The second-order valence-corrected chi connectivity index (χ2v) is 6.13. The Labute approximate surface area is 132 Å². The summed E-state index contributed by atoms with van der Waals surface area (Å²) in [6.07, 6.45) is 2.93. The molecular weight excluding hydrogens is 315 g/mol. The predicted octanol–water partition coefficient (Wildman–Crippen LogP) is 3.76. The first-order valence-corrected chi connectivity index (χ1v) is 7.41. The smallest absolute Gasteiger partial charge is 0.319 e. The van der Waals surface area contributed by atoms with Crippen LogP contribution in [0.2, 0.25) is 10.0 Å². The number of halogens is 2. The van der Waals surface area contributed by atoms with Gasteiger partial charge in [0.1, 0.15) is 0 Å². The molecule has 5 nitrogen and oxygen atoms in total. The molecule has 114 valence electrons. The molecule has 0 aliphatic heterocycles. The zero-order chi connectivity index (χ0) is 15.5. The molecule has 0 bridgehead atoms. The van der Waals surface area contributed by atoms with E-state index in [-0.39, 0.29) is 6.54 Å². The minimum Gasteiger partial charge on any atom is -0.481 e. The van der Waals surface area contributed by atoms with Gasteiger partial charge in [0.05, 0.1) is 5.41 Å². The van der Waals surface area contributed by atoms with Crippen molar-refractivity contribution in [1.29, 1.82) is 0 Å². The molecule has 0 saturated heterocycles. The van der Waals surface area contributed by atoms with Crippen molar-refractivity contribution in [2.24, 2.45) is 5.41 Å². The number of nitrogens with one attached hydrogen (secondary N) is 2. The van der Waals surface area contributed by atoms with Gasteiger partial charge in [-0.25, -0.2) is 4.79 Å². The second-order valence-electron chi connectivity index (χ2n) is 5.26. The number of hydrogen-bond donors (Lipinski definition) is 3. The Morgan fingerprint density at radius 3 is 2.24 bits per heavy atom. The van der Waals surface area contributed by atoms with Crippen LogP contribution < -0.4 is 10.6 Å². The lowest BCUT2D eigenvalue weighted by Crippen LogP contribution is -2.42. The third-order valence-electron chi connectivity index (χ3n) is 3.72. The number of benzene rings is 1. The van der Waals surface area contributed by atoms with E-state index in [0.29, 0.717) is 28.6 Å². The number of amides is 2. The fourth-order valence-electron chi connectivity index (χ4n) is 2.57. The van der Waals surface area contributed by atoms with Crippen LogP contribution in [0.5, 0.6) is 0 Å². The highest BCUT2D eigenvalue weighted by molar-refractivity contribution is 6.35. The molecule has 1 saturated carbocycles. The number of carboxylic acids is 1. The number of urea groups is 1. The fourth-order valence-corrected chi connectivity index (χ4v) is 3.09. The van der Waals surface area contributed by atoms with Gasteiger partial charge < -0.3 is 15.7 Å². The van der Waals surface area contributed by atoms with Crippen LogP contribution in [0.3, 0.4) is 0 Å². The maximum absolute atomic E-state index is 11.9. The number of anilines is 1. The van der Waals surface area contributed by atoms with Gasteiger partial charge in [0, 0.05) is 22.3 Å². The quantitative estimate of drug-likeness (QED) is 0.786. The summed E-state index contributed by atoms with van der Waals surface area (Å²) in [5.74, 6) is -0.855. The molecule has 0 unspecified atom stereocenters. The first-order chi connectivity index (χ1) is 9.91. The highest BCUT2D eigenvalue weighted by atomic mass is 35.5. The molecule has 0 atom stereocenters. The maximum Gasteiger partial charge on any atom is 0.319 e. The van der Waals surface area contributed by atoms with Crippen molar-refractivity contribution in [2.45, 2.75) is 25.7 Å². The maximum atomic E-state index is 11.9. The number of carbonyl (C=O) groups excluding carboxylic acids is 1. The molecule has 0 radical (unpaired) electrons. The summed E-state index contributed by atoms with van der Waals surface area (Å²) >= 11 is 11.7. The van der Waals surface area contributed by atoms with E-state index in [1.165, 1.54) is 0 Å². The van der Waals surface area contributed by atoms with Gasteiger partial charge in [-0.1, -0.05) is 36.0 Å². The van der Waals surface area contributed by atoms with Gasteiger partial charge in [-0.15, -0.1) is 0 Å². The van der Waals surface area contributed by atoms with Gasteiger partial charge in [0.25, 0.3) is 0 Å². The summed E-state index contributed by atoms with van der Waals surface area (Å²) < 4.78 is 0. The van der Waals surface area contributed by atoms with Crippen LogP contribution in [-0.2, 0) is 4.79 Å². The third-order valence-corrected chi connectivity index (χ3v) is 4.16. The summed E-state index contributed by atoms with van der Waals surface area (Å²) in [7, 11) is 0. The summed E-state index contributed by atoms with van der Waals surface area (Å²) in [5, 5.41) is 15.4. The molecule has 1 aromatic carbocycles. The Kier molecular flexibility index (Phi) is 4.96. The van der Waals surface area contributed by atoms with Gasteiger partial charge >= 0.3 is 12.0 Å². The van der Waals surface area contributed by atoms with Crippen molar-refractivity contribution in [3.05, 3.63) is 28.2 Å². The summed E-state index contributed by atoms with van der Waals surface area (Å²) in [6, 6.07) is 4.22. The standard InChI is InChI=1S/C14H16Cl2N2O3/c15-9-5-10(16)7-11(6-9)18-13(21)17-8-14(12(19)20)3-1-2-4-14/h5-7H,1-4,8H2,(H,19,20)(H2,17,18,21). The Balaban J connectivity index is 1.94. The first-order valence-electron chi connectivity index (χ1n) is 6.66. The average Bonchev–Trinajstić information content (AvgIpc) is 2.85. The largest absolute Gasteiger partial charge is 0.481 e. The molecule has 1 fully saturated rings. The second kappa shape index (κ2) is 6.54. The molecular formula is C14H16Cl2N2O3. The number of hydrogen-bond acceptors (Lipinski definition) is 2. The monoisotopic (exact) mass is 330 g/mol. The van der Waals surface area contributed by atoms with Crippen molar-refractivity contribution in [1.82, 2.24) is 5.32 Å². The molecule has 1 aliphatic rings. The minimum absolute atomic E-state index is 0.114. The number of carbonyl (C=O) groups is 2. The molecule has 21 heavy (non-hydrogen) atoms. The predicted molar refractivity (Wildman–Crippen MR) is 82.0 cm³/mol. The van der Waals surface area contributed by atoms with Crippen molar-refractivity contribution in [3.63, 3.8) is 0 Å². The van der Waals surface area contributed by atoms with Gasteiger partial charge in [-0.2, -0.15) is 0 Å². The van der Waals surface area contributed by atoms with Gasteiger partial charge in [0.15, 0.2) is 0 Å². The summed E-state index contributed by atoms with van der Waals surface area (Å²) in [5.41, 5.74) is -0.385. The van der Waals surface area contributed by atoms with Crippen LogP contribution in [0.4, 0.5) is 10.5 Å². The number of rotatable bonds is 4. The molecule has 7 heteroatoms. The van der Waals surface area contributed by atoms with Crippen LogP contribution in [0.25, 0.3) is 0 Å². The van der Waals surface area contributed by atoms with E-state index >= 15 is 0 Å². The Morgan fingerprint density at radius 1 is 1.14 bits per heavy atom. The zero-order valence-corrected chi connectivity index (χ0v) is 12.8. The van der Waals surface area contributed by atoms with Gasteiger partial charge in [-0.05, 0) is 31.0 Å². The van der Waals surface area contributed by atoms with Crippen molar-refractivity contribution >= 4 is 40.9 Å². The van der Waals surface area contributed by atoms with E-state index in [2.05, 4.69) is 10.6 Å². The fraction of sp³-hybridized carbons (Fsp3) is 0.429. The Morgan fingerprint density at radius 2 is 1.71 bits per heavy atom. The van der Waals surface area contributed by atoms with E-state index < -0.39 is 17.4 Å². The molecule has 3 N–H and O–H groups in total. The molecule has 1 aliphatic carbocycles. The third kappa shape index (κ3) is 4.02. The van der Waals surface area contributed by atoms with Crippen LogP contribution >= 0.6 is 23.2 Å². The molecule has 2 amide bonds. The van der Waals surface area contributed by atoms with Crippen LogP contribution in [0, 0.1) is 5.41 Å². The van der Waals surface area contributed by atoms with E-state index in [4.69, 9.17) is 23.2 Å². The Bertz CT molecular complexity index is 537. The minimum atomic E-state index is -0.855. The molecule has 0 spiro atoms. The summed E-state index contributed by atoms with van der Waals surface area (Å²) in [6.45, 7) is 0.114. The zero-order valence-electron chi connectivity index (χ0n) is 11.3. The SMILES string of the molecule is O=C(NCC1(C(=O)O)CCCC1)Nc1cc(Cl)cc(Cl)c1. The van der Waals surface area contributed by atoms with Gasteiger partial charge in [0.2, 0.25) is 0 Å². The normalized spacial score (nSPS) is 16.5. The highest BCUT2D eigenvalue weighted by Gasteiger charge is 2.41. The van der Waals surface area contributed by atoms with Gasteiger partial charge in [-0.3, -0.25) is 4.79 Å². The van der Waals surface area contributed by atoms with Crippen LogP contribution in [0.1, 0.15) is 25.7 Å². The Hall–Kier alpha value is -1.46. The molecule has 2 rings (SSSR count). The summed E-state index contributed by atoms with van der Waals surface area (Å²) in [4.78, 5) is 23.2. The average molecular weight is 331 g/mol. The number of carboxylic acid groups (broad SMARTS) is 1. The number of aliphatic carboxylic acids is 1. The lowest BCUT2D eigenvalue weighted by Gasteiger charge is -2.24. The van der Waals surface area contributed by atoms with E-state index in [1.807, 2.05) is 0 Å². The van der Waals surface area contributed by atoms with Crippen molar-refractivity contribution in [3.8, 4) is 0 Å². The van der Waals surface area contributed by atoms with Crippen LogP contribution in [-0.4, -0.2) is 23.7 Å². The molecule has 1 aromatic rings. The van der Waals surface area contributed by atoms with E-state index in [1.54, 1.807) is 18.2 Å². The topological polar surface area (TPSA) is 78.4 Å². The van der Waals surface area contributed by atoms with E-state index in [9.17, 15) is 14.7 Å². The van der Waals surface area contributed by atoms with Crippen molar-refractivity contribution in [2.75, 3.05) is 11.9 Å². The highest BCUT2D eigenvalue weighted by Crippen LogP contribution is 2.37.